The van der Waals surface area contributed by atoms with Crippen molar-refractivity contribution in [2.45, 2.75) is 11.3 Å². The number of benzene rings is 2. The van der Waals surface area contributed by atoms with Crippen LogP contribution < -0.4 is 4.90 Å². The van der Waals surface area contributed by atoms with Gasteiger partial charge in [-0.1, -0.05) is 22.9 Å². The lowest BCUT2D eigenvalue weighted by Crippen LogP contribution is -2.37. The van der Waals surface area contributed by atoms with Crippen molar-refractivity contribution >= 4 is 54.0 Å². The molecule has 0 N–H and O–H groups in total. The number of amides is 1. The van der Waals surface area contributed by atoms with Crippen LogP contribution in [0.15, 0.2) is 47.4 Å². The second-order valence-corrected chi connectivity index (χ2v) is 10.5. The van der Waals surface area contributed by atoms with E-state index in [9.17, 15) is 17.6 Å². The van der Waals surface area contributed by atoms with E-state index in [1.165, 1.54) is 52.6 Å². The van der Waals surface area contributed by atoms with Crippen molar-refractivity contribution in [2.75, 3.05) is 37.8 Å². The number of hydrogen-bond donors (Lipinski definition) is 0. The van der Waals surface area contributed by atoms with E-state index >= 15 is 0 Å². The fraction of sp³-hybridized carbons (Fsp3) is 0.300. The van der Waals surface area contributed by atoms with Gasteiger partial charge in [-0.2, -0.15) is 0 Å². The van der Waals surface area contributed by atoms with Crippen LogP contribution in [0.3, 0.4) is 0 Å². The van der Waals surface area contributed by atoms with Crippen molar-refractivity contribution < 1.29 is 17.6 Å². The van der Waals surface area contributed by atoms with Crippen molar-refractivity contribution in [2.24, 2.45) is 0 Å². The summed E-state index contributed by atoms with van der Waals surface area (Å²) in [5.74, 6) is -1.06. The summed E-state index contributed by atoms with van der Waals surface area (Å²) in [5, 5.41) is 0.860. The second-order valence-electron chi connectivity index (χ2n) is 6.98. The van der Waals surface area contributed by atoms with Crippen molar-refractivity contribution in [3.63, 3.8) is 0 Å². The Bertz CT molecular complexity index is 1150. The number of halogens is 2. The van der Waals surface area contributed by atoms with Gasteiger partial charge < -0.3 is 4.90 Å². The zero-order chi connectivity index (χ0) is 21.9. The third-order valence-electron chi connectivity index (χ3n) is 4.40. The van der Waals surface area contributed by atoms with E-state index in [4.69, 9.17) is 11.6 Å². The number of nitrogens with zero attached hydrogens (tertiary/aromatic N) is 3. The first-order chi connectivity index (χ1) is 14.2. The summed E-state index contributed by atoms with van der Waals surface area (Å²) in [6, 6.07) is 10.1. The predicted octanol–water partition coefficient (Wildman–Crippen LogP) is 3.85. The highest BCUT2D eigenvalue weighted by atomic mass is 35.5. The van der Waals surface area contributed by atoms with Crippen LogP contribution in [0.1, 0.15) is 6.42 Å². The first-order valence-corrected chi connectivity index (χ1v) is 12.0. The van der Waals surface area contributed by atoms with E-state index < -0.39 is 9.84 Å². The van der Waals surface area contributed by atoms with Crippen LogP contribution in [0, 0.1) is 5.82 Å². The van der Waals surface area contributed by atoms with Crippen molar-refractivity contribution in [3.05, 3.63) is 53.3 Å². The van der Waals surface area contributed by atoms with Crippen LogP contribution in [-0.4, -0.2) is 57.1 Å². The molecule has 0 aliphatic carbocycles. The van der Waals surface area contributed by atoms with Gasteiger partial charge in [0.05, 0.1) is 20.9 Å². The van der Waals surface area contributed by atoms with E-state index in [0.29, 0.717) is 33.5 Å². The van der Waals surface area contributed by atoms with Gasteiger partial charge in [0.1, 0.15) is 5.82 Å². The minimum atomic E-state index is -3.63. The topological polar surface area (TPSA) is 70.6 Å². The molecule has 0 radical (unpaired) electrons. The van der Waals surface area contributed by atoms with Gasteiger partial charge in [0.15, 0.2) is 15.0 Å². The summed E-state index contributed by atoms with van der Waals surface area (Å²) < 4.78 is 39.3. The first-order valence-electron chi connectivity index (χ1n) is 9.15. The molecule has 6 nitrogen and oxygen atoms in total. The molecule has 0 saturated carbocycles. The molecule has 0 bridgehead atoms. The standard InChI is InChI=1S/C20H21ClFN3O3S2/c1-24(2)10-11-25(20-23-17-8-5-15(22)13-18(17)29-20)19(26)9-12-30(27,28)16-6-3-14(21)4-7-16/h3-8,13H,9-12H2,1-2H3. The lowest BCUT2D eigenvalue weighted by Gasteiger charge is -2.22. The van der Waals surface area contributed by atoms with E-state index in [2.05, 4.69) is 4.98 Å². The maximum Gasteiger partial charge on any atom is 0.229 e. The molecule has 1 aromatic heterocycles. The summed E-state index contributed by atoms with van der Waals surface area (Å²) >= 11 is 7.02. The number of anilines is 1. The van der Waals surface area contributed by atoms with Crippen LogP contribution in [0.25, 0.3) is 10.2 Å². The van der Waals surface area contributed by atoms with E-state index in [1.807, 2.05) is 19.0 Å². The molecule has 3 aromatic rings. The molecule has 3 rings (SSSR count). The number of carbonyl (C=O) groups is 1. The largest absolute Gasteiger partial charge is 0.308 e. The molecule has 2 aromatic carbocycles. The molecule has 1 heterocycles. The Morgan fingerprint density at radius 1 is 1.13 bits per heavy atom. The predicted molar refractivity (Wildman–Crippen MR) is 119 cm³/mol. The van der Waals surface area contributed by atoms with Crippen LogP contribution in [0.5, 0.6) is 0 Å². The number of rotatable bonds is 8. The molecular formula is C20H21ClFN3O3S2. The Morgan fingerprint density at radius 2 is 1.83 bits per heavy atom. The lowest BCUT2D eigenvalue weighted by atomic mass is 10.3. The van der Waals surface area contributed by atoms with Crippen LogP contribution in [0.2, 0.25) is 5.02 Å². The molecule has 160 valence electrons. The fourth-order valence-electron chi connectivity index (χ4n) is 2.75. The highest BCUT2D eigenvalue weighted by molar-refractivity contribution is 7.91. The molecular weight excluding hydrogens is 449 g/mol. The van der Waals surface area contributed by atoms with Gasteiger partial charge in [-0.3, -0.25) is 9.69 Å². The van der Waals surface area contributed by atoms with Crippen molar-refractivity contribution in [1.82, 2.24) is 9.88 Å². The zero-order valence-corrected chi connectivity index (χ0v) is 18.9. The van der Waals surface area contributed by atoms with Gasteiger partial charge in [-0.15, -0.1) is 0 Å². The average molecular weight is 470 g/mol. The van der Waals surface area contributed by atoms with Crippen molar-refractivity contribution in [1.29, 1.82) is 0 Å². The minimum Gasteiger partial charge on any atom is -0.308 e. The van der Waals surface area contributed by atoms with E-state index in [0.717, 1.165) is 0 Å². The Morgan fingerprint density at radius 3 is 2.50 bits per heavy atom. The van der Waals surface area contributed by atoms with Gasteiger partial charge in [-0.05, 0) is 56.6 Å². The number of fused-ring (bicyclic) bond motifs is 1. The highest BCUT2D eigenvalue weighted by Crippen LogP contribution is 2.30. The molecule has 0 saturated heterocycles. The van der Waals surface area contributed by atoms with Gasteiger partial charge in [-0.25, -0.2) is 17.8 Å². The molecule has 0 spiro atoms. The van der Waals surface area contributed by atoms with Crippen LogP contribution in [-0.2, 0) is 14.6 Å². The maximum atomic E-state index is 13.5. The van der Waals surface area contributed by atoms with Crippen LogP contribution in [0.4, 0.5) is 9.52 Å². The third kappa shape index (κ3) is 5.54. The van der Waals surface area contributed by atoms with Crippen molar-refractivity contribution in [3.8, 4) is 0 Å². The SMILES string of the molecule is CN(C)CCN(C(=O)CCS(=O)(=O)c1ccc(Cl)cc1)c1nc2ccc(F)cc2s1. The summed E-state index contributed by atoms with van der Waals surface area (Å²) in [7, 11) is 0.120. The zero-order valence-electron chi connectivity index (χ0n) is 16.5. The summed E-state index contributed by atoms with van der Waals surface area (Å²) in [4.78, 5) is 20.9. The maximum absolute atomic E-state index is 13.5. The van der Waals surface area contributed by atoms with Gasteiger partial charge >= 0.3 is 0 Å². The van der Waals surface area contributed by atoms with Gasteiger partial charge in [0, 0.05) is 24.5 Å². The highest BCUT2D eigenvalue weighted by Gasteiger charge is 2.23. The Kier molecular flexibility index (Phi) is 7.07. The van der Waals surface area contributed by atoms with E-state index in [-0.39, 0.29) is 28.8 Å². The smallest absolute Gasteiger partial charge is 0.229 e. The third-order valence-corrected chi connectivity index (χ3v) is 7.42. The summed E-state index contributed by atoms with van der Waals surface area (Å²) in [6.45, 7) is 0.912. The molecule has 0 unspecified atom stereocenters. The number of aromatic nitrogens is 1. The summed E-state index contributed by atoms with van der Waals surface area (Å²) in [6.07, 6.45) is -0.192. The molecule has 0 fully saturated rings. The van der Waals surface area contributed by atoms with E-state index in [1.54, 1.807) is 6.07 Å². The minimum absolute atomic E-state index is 0.120. The first kappa shape index (κ1) is 22.6. The van der Waals surface area contributed by atoms with Gasteiger partial charge in [0.2, 0.25) is 5.91 Å². The monoisotopic (exact) mass is 469 g/mol. The Labute approximate surface area is 183 Å². The molecule has 1 amide bonds. The Hall–Kier alpha value is -2.07. The molecule has 30 heavy (non-hydrogen) atoms. The normalized spacial score (nSPS) is 11.9. The second kappa shape index (κ2) is 9.38. The van der Waals surface area contributed by atoms with Crippen LogP contribution >= 0.6 is 22.9 Å². The molecule has 0 atom stereocenters. The molecule has 0 aliphatic heterocycles. The molecule has 0 aliphatic rings. The number of sulfone groups is 1. The van der Waals surface area contributed by atoms with Gasteiger partial charge in [0.25, 0.3) is 0 Å². The number of thiazole rings is 1. The molecule has 10 heteroatoms. The number of carbonyl (C=O) groups excluding carboxylic acids is 1. The number of likely N-dealkylation sites (N-methyl/N-ethyl adjacent to an activating group) is 1. The number of hydrogen-bond acceptors (Lipinski definition) is 6. The quantitative estimate of drug-likeness (QED) is 0.501. The summed E-state index contributed by atoms with van der Waals surface area (Å²) in [5.41, 5.74) is 0.591. The Balaban J connectivity index is 1.80. The lowest BCUT2D eigenvalue weighted by molar-refractivity contribution is -0.118. The average Bonchev–Trinajstić information content (AvgIpc) is 3.09. The fourth-order valence-corrected chi connectivity index (χ4v) is 5.13.